The van der Waals surface area contributed by atoms with Crippen LogP contribution in [0, 0.1) is 17.0 Å². The molecule has 0 unspecified atom stereocenters. The van der Waals surface area contributed by atoms with Crippen molar-refractivity contribution >= 4 is 48.8 Å². The number of hydrogen-bond acceptors (Lipinski definition) is 7. The lowest BCUT2D eigenvalue weighted by Gasteiger charge is -2.15. The molecule has 2 aromatic carbocycles. The van der Waals surface area contributed by atoms with Crippen molar-refractivity contribution in [3.63, 3.8) is 0 Å². The number of aromatic nitrogens is 1. The zero-order valence-electron chi connectivity index (χ0n) is 15.9. The minimum Gasteiger partial charge on any atom is -0.495 e. The van der Waals surface area contributed by atoms with Gasteiger partial charge < -0.3 is 10.1 Å². The SMILES string of the molecule is COc1ccc(Nc2ncccc2[N+](=O)[O-])cc1S(=O)(=O)Nc1cc(C)ccc1Br. The van der Waals surface area contributed by atoms with Crippen molar-refractivity contribution in [2.24, 2.45) is 0 Å². The van der Waals surface area contributed by atoms with Gasteiger partial charge in [-0.25, -0.2) is 13.4 Å². The summed E-state index contributed by atoms with van der Waals surface area (Å²) in [6.07, 6.45) is 1.40. The molecule has 0 aliphatic carbocycles. The van der Waals surface area contributed by atoms with E-state index in [9.17, 15) is 18.5 Å². The third kappa shape index (κ3) is 4.69. The molecule has 0 aliphatic rings. The Morgan fingerprint density at radius 2 is 1.93 bits per heavy atom. The number of nitrogens with zero attached hydrogens (tertiary/aromatic N) is 2. The van der Waals surface area contributed by atoms with Gasteiger partial charge in [-0.05, 0) is 64.8 Å². The molecule has 0 saturated heterocycles. The Labute approximate surface area is 181 Å². The number of sulfonamides is 1. The number of halogens is 1. The minimum atomic E-state index is -4.04. The van der Waals surface area contributed by atoms with Crippen molar-refractivity contribution in [2.75, 3.05) is 17.1 Å². The summed E-state index contributed by atoms with van der Waals surface area (Å²) in [5.74, 6) is 0.109. The number of nitro groups is 1. The zero-order valence-corrected chi connectivity index (χ0v) is 18.3. The van der Waals surface area contributed by atoms with E-state index in [2.05, 4.69) is 31.0 Å². The van der Waals surface area contributed by atoms with Crippen LogP contribution in [0.25, 0.3) is 0 Å². The number of ether oxygens (including phenoxy) is 1. The summed E-state index contributed by atoms with van der Waals surface area (Å²) < 4.78 is 34.4. The molecule has 3 aromatic rings. The molecule has 0 bridgehead atoms. The lowest BCUT2D eigenvalue weighted by molar-refractivity contribution is -0.384. The molecule has 0 atom stereocenters. The minimum absolute atomic E-state index is 0.00889. The molecule has 1 aromatic heterocycles. The maximum absolute atomic E-state index is 13.1. The van der Waals surface area contributed by atoms with Gasteiger partial charge in [-0.15, -0.1) is 0 Å². The summed E-state index contributed by atoms with van der Waals surface area (Å²) in [5.41, 5.74) is 1.30. The van der Waals surface area contributed by atoms with E-state index in [1.54, 1.807) is 18.2 Å². The molecule has 2 N–H and O–H groups in total. The van der Waals surface area contributed by atoms with Crippen molar-refractivity contribution < 1.29 is 18.1 Å². The first-order chi connectivity index (χ1) is 14.2. The third-order valence-corrected chi connectivity index (χ3v) is 6.14. The van der Waals surface area contributed by atoms with E-state index in [1.165, 1.54) is 37.6 Å². The molecule has 3 rings (SSSR count). The highest BCUT2D eigenvalue weighted by molar-refractivity contribution is 9.10. The van der Waals surface area contributed by atoms with Crippen molar-refractivity contribution in [3.05, 3.63) is 74.9 Å². The van der Waals surface area contributed by atoms with Gasteiger partial charge in [0, 0.05) is 22.4 Å². The van der Waals surface area contributed by atoms with Crippen LogP contribution in [0.15, 0.2) is 64.1 Å². The second-order valence-corrected chi connectivity index (χ2v) is 8.71. The first-order valence-corrected chi connectivity index (χ1v) is 10.8. The Kier molecular flexibility index (Phi) is 6.22. The van der Waals surface area contributed by atoms with Crippen LogP contribution >= 0.6 is 15.9 Å². The van der Waals surface area contributed by atoms with Crippen molar-refractivity contribution in [1.82, 2.24) is 4.98 Å². The van der Waals surface area contributed by atoms with Crippen molar-refractivity contribution in [3.8, 4) is 5.75 Å². The molecule has 0 fully saturated rings. The predicted molar refractivity (Wildman–Crippen MR) is 117 cm³/mol. The second-order valence-electron chi connectivity index (χ2n) is 6.21. The van der Waals surface area contributed by atoms with Crippen LogP contribution in [0.4, 0.5) is 22.9 Å². The molecule has 156 valence electrons. The number of rotatable bonds is 7. The van der Waals surface area contributed by atoms with E-state index in [1.807, 2.05) is 13.0 Å². The third-order valence-electron chi connectivity index (χ3n) is 4.07. The van der Waals surface area contributed by atoms with Gasteiger partial charge in [0.2, 0.25) is 5.82 Å². The summed E-state index contributed by atoms with van der Waals surface area (Å²) >= 11 is 3.33. The number of anilines is 3. The smallest absolute Gasteiger partial charge is 0.311 e. The van der Waals surface area contributed by atoms with Gasteiger partial charge >= 0.3 is 5.69 Å². The maximum atomic E-state index is 13.1. The summed E-state index contributed by atoms with van der Waals surface area (Å²) in [7, 11) is -2.68. The summed E-state index contributed by atoms with van der Waals surface area (Å²) in [6, 6.07) is 12.3. The average Bonchev–Trinajstić information content (AvgIpc) is 2.71. The largest absolute Gasteiger partial charge is 0.495 e. The summed E-state index contributed by atoms with van der Waals surface area (Å²) in [4.78, 5) is 14.4. The predicted octanol–water partition coefficient (Wildman–Crippen LogP) is 4.61. The standard InChI is InChI=1S/C19H17BrN4O5S/c1-12-5-7-14(20)15(10-12)23-30(27,28)18-11-13(6-8-17(18)29-2)22-19-16(24(25)26)4-3-9-21-19/h3-11,23H,1-2H3,(H,21,22). The Hall–Kier alpha value is -3.18. The fraction of sp³-hybridized carbons (Fsp3) is 0.105. The monoisotopic (exact) mass is 492 g/mol. The van der Waals surface area contributed by atoms with E-state index in [0.717, 1.165) is 5.56 Å². The van der Waals surface area contributed by atoms with Gasteiger partial charge in [0.05, 0.1) is 17.7 Å². The molecule has 0 saturated carbocycles. The molecule has 0 radical (unpaired) electrons. The number of methoxy groups -OCH3 is 1. The highest BCUT2D eigenvalue weighted by Gasteiger charge is 2.22. The van der Waals surface area contributed by atoms with Crippen LogP contribution in [0.3, 0.4) is 0 Å². The molecule has 0 amide bonds. The fourth-order valence-corrected chi connectivity index (χ4v) is 4.40. The van der Waals surface area contributed by atoms with E-state index in [-0.39, 0.29) is 22.2 Å². The van der Waals surface area contributed by atoms with Gasteiger partial charge in [-0.2, -0.15) is 0 Å². The van der Waals surface area contributed by atoms with Crippen molar-refractivity contribution in [1.29, 1.82) is 0 Å². The Balaban J connectivity index is 2.00. The Morgan fingerprint density at radius 3 is 2.63 bits per heavy atom. The van der Waals surface area contributed by atoms with Crippen LogP contribution in [-0.2, 0) is 10.0 Å². The van der Waals surface area contributed by atoms with Gasteiger partial charge in [0.15, 0.2) is 0 Å². The first-order valence-electron chi connectivity index (χ1n) is 8.54. The van der Waals surface area contributed by atoms with Gasteiger partial charge in [-0.3, -0.25) is 14.8 Å². The first kappa shape index (κ1) is 21.5. The van der Waals surface area contributed by atoms with E-state index < -0.39 is 14.9 Å². The number of hydrogen-bond donors (Lipinski definition) is 2. The Morgan fingerprint density at radius 1 is 1.17 bits per heavy atom. The number of pyridine rings is 1. The summed E-state index contributed by atoms with van der Waals surface area (Å²) in [6.45, 7) is 1.84. The molecule has 9 nitrogen and oxygen atoms in total. The van der Waals surface area contributed by atoms with E-state index in [0.29, 0.717) is 15.8 Å². The molecule has 30 heavy (non-hydrogen) atoms. The fourth-order valence-electron chi connectivity index (χ4n) is 2.66. The number of aryl methyl sites for hydroxylation is 1. The molecule has 0 spiro atoms. The van der Waals surface area contributed by atoms with Crippen molar-refractivity contribution in [2.45, 2.75) is 11.8 Å². The lowest BCUT2D eigenvalue weighted by atomic mass is 10.2. The molecule has 0 aliphatic heterocycles. The normalized spacial score (nSPS) is 11.0. The molecule has 11 heteroatoms. The quantitative estimate of drug-likeness (QED) is 0.364. The average molecular weight is 493 g/mol. The van der Waals surface area contributed by atoms with Gasteiger partial charge in [0.1, 0.15) is 10.6 Å². The van der Waals surface area contributed by atoms with Crippen LogP contribution < -0.4 is 14.8 Å². The Bertz CT molecular complexity index is 1220. The second kappa shape index (κ2) is 8.67. The van der Waals surface area contributed by atoms with Gasteiger partial charge in [0.25, 0.3) is 10.0 Å². The maximum Gasteiger partial charge on any atom is 0.311 e. The highest BCUT2D eigenvalue weighted by Crippen LogP contribution is 2.33. The molecule has 1 heterocycles. The summed E-state index contributed by atoms with van der Waals surface area (Å²) in [5, 5.41) is 14.0. The highest BCUT2D eigenvalue weighted by atomic mass is 79.9. The van der Waals surface area contributed by atoms with E-state index >= 15 is 0 Å². The number of nitrogens with one attached hydrogen (secondary N) is 2. The van der Waals surface area contributed by atoms with Crippen LogP contribution in [0.1, 0.15) is 5.56 Å². The van der Waals surface area contributed by atoms with Gasteiger partial charge in [-0.1, -0.05) is 6.07 Å². The van der Waals surface area contributed by atoms with Crippen LogP contribution in [0.5, 0.6) is 5.75 Å². The van der Waals surface area contributed by atoms with Crippen LogP contribution in [-0.4, -0.2) is 25.4 Å². The van der Waals surface area contributed by atoms with Crippen LogP contribution in [0.2, 0.25) is 0 Å². The molecular formula is C19H17BrN4O5S. The number of benzene rings is 2. The topological polar surface area (TPSA) is 123 Å². The molecular weight excluding hydrogens is 476 g/mol. The lowest BCUT2D eigenvalue weighted by Crippen LogP contribution is -2.15. The van der Waals surface area contributed by atoms with E-state index in [4.69, 9.17) is 4.74 Å². The zero-order chi connectivity index (χ0) is 21.9.